The van der Waals surface area contributed by atoms with Crippen LogP contribution in [0.25, 0.3) is 0 Å². The van der Waals surface area contributed by atoms with Gasteiger partial charge >= 0.3 is 0 Å². The van der Waals surface area contributed by atoms with Crippen LogP contribution >= 0.6 is 22.9 Å². The van der Waals surface area contributed by atoms with Crippen molar-refractivity contribution >= 4 is 33.0 Å². The third-order valence-electron chi connectivity index (χ3n) is 2.97. The summed E-state index contributed by atoms with van der Waals surface area (Å²) in [7, 11) is -1.75. The maximum Gasteiger partial charge on any atom is 0.252 e. The Morgan fingerprint density at radius 1 is 1.53 bits per heavy atom. The van der Waals surface area contributed by atoms with Gasteiger partial charge in [-0.3, -0.25) is 0 Å². The molecule has 1 saturated heterocycles. The van der Waals surface area contributed by atoms with Gasteiger partial charge in [-0.15, -0.1) is 11.3 Å². The van der Waals surface area contributed by atoms with E-state index in [1.165, 1.54) is 4.31 Å². The van der Waals surface area contributed by atoms with Crippen molar-refractivity contribution < 1.29 is 8.42 Å². The molecule has 1 aromatic heterocycles. The van der Waals surface area contributed by atoms with Gasteiger partial charge in [0.1, 0.15) is 4.21 Å². The lowest BCUT2D eigenvalue weighted by Crippen LogP contribution is -2.46. The minimum absolute atomic E-state index is 0.0367. The van der Waals surface area contributed by atoms with E-state index in [1.54, 1.807) is 19.2 Å². The van der Waals surface area contributed by atoms with E-state index >= 15 is 0 Å². The van der Waals surface area contributed by atoms with Crippen molar-refractivity contribution in [3.63, 3.8) is 0 Å². The number of likely N-dealkylation sites (N-methyl/N-ethyl adjacent to an activating group) is 1. The first-order valence-corrected chi connectivity index (χ1v) is 8.09. The molecule has 0 bridgehead atoms. The highest BCUT2D eigenvalue weighted by molar-refractivity contribution is 7.91. The molecule has 2 heterocycles. The molecule has 0 spiro atoms. The Hall–Kier alpha value is -0.140. The van der Waals surface area contributed by atoms with Crippen molar-refractivity contribution in [1.29, 1.82) is 0 Å². The van der Waals surface area contributed by atoms with Crippen molar-refractivity contribution in [2.24, 2.45) is 0 Å². The highest BCUT2D eigenvalue weighted by atomic mass is 35.5. The molecule has 1 fully saturated rings. The lowest BCUT2D eigenvalue weighted by molar-refractivity contribution is 0.300. The lowest BCUT2D eigenvalue weighted by atomic mass is 10.1. The largest absolute Gasteiger partial charge is 0.315 e. The first-order valence-electron chi connectivity index (χ1n) is 5.46. The van der Waals surface area contributed by atoms with Crippen LogP contribution in [-0.2, 0) is 10.0 Å². The Labute approximate surface area is 111 Å². The van der Waals surface area contributed by atoms with Gasteiger partial charge in [-0.1, -0.05) is 11.6 Å². The van der Waals surface area contributed by atoms with Crippen molar-refractivity contribution in [2.45, 2.75) is 23.1 Å². The van der Waals surface area contributed by atoms with E-state index in [-0.39, 0.29) is 6.04 Å². The number of hydrogen-bond acceptors (Lipinski definition) is 4. The quantitative estimate of drug-likeness (QED) is 0.924. The molecule has 0 saturated carbocycles. The third-order valence-corrected chi connectivity index (χ3v) is 6.58. The lowest BCUT2D eigenvalue weighted by Gasteiger charge is -2.30. The van der Waals surface area contributed by atoms with Gasteiger partial charge in [0.2, 0.25) is 0 Å². The van der Waals surface area contributed by atoms with Gasteiger partial charge in [-0.25, -0.2) is 8.42 Å². The van der Waals surface area contributed by atoms with Crippen molar-refractivity contribution in [3.8, 4) is 0 Å². The van der Waals surface area contributed by atoms with Gasteiger partial charge in [-0.05, 0) is 31.5 Å². The van der Waals surface area contributed by atoms with Crippen LogP contribution in [0.3, 0.4) is 0 Å². The van der Waals surface area contributed by atoms with Gasteiger partial charge < -0.3 is 5.32 Å². The van der Waals surface area contributed by atoms with Crippen LogP contribution in [0.1, 0.15) is 12.8 Å². The fourth-order valence-electron chi connectivity index (χ4n) is 1.92. The van der Waals surface area contributed by atoms with E-state index in [0.717, 1.165) is 37.3 Å². The molecule has 1 N–H and O–H groups in total. The number of sulfonamides is 1. The molecule has 1 aliphatic rings. The highest BCUT2D eigenvalue weighted by Crippen LogP contribution is 2.29. The molecule has 1 aromatic rings. The Kier molecular flexibility index (Phi) is 4.10. The minimum atomic E-state index is -3.39. The average Bonchev–Trinajstić information content (AvgIpc) is 2.77. The van der Waals surface area contributed by atoms with Crippen molar-refractivity contribution in [2.75, 3.05) is 20.1 Å². The average molecular weight is 295 g/mol. The van der Waals surface area contributed by atoms with Crippen LogP contribution < -0.4 is 5.32 Å². The maximum absolute atomic E-state index is 12.3. The summed E-state index contributed by atoms with van der Waals surface area (Å²) in [6.45, 7) is 1.68. The summed E-state index contributed by atoms with van der Waals surface area (Å²) in [6.07, 6.45) is 1.91. The van der Waals surface area contributed by atoms with E-state index in [4.69, 9.17) is 11.6 Å². The third kappa shape index (κ3) is 2.82. The Bertz CT molecular complexity index is 480. The molecule has 0 amide bonds. The maximum atomic E-state index is 12.3. The van der Waals surface area contributed by atoms with Crippen molar-refractivity contribution in [1.82, 2.24) is 9.62 Å². The molecule has 96 valence electrons. The number of rotatable bonds is 3. The Balaban J connectivity index is 2.20. The fourth-order valence-corrected chi connectivity index (χ4v) is 4.97. The van der Waals surface area contributed by atoms with Crippen LogP contribution in [0.5, 0.6) is 0 Å². The smallest absolute Gasteiger partial charge is 0.252 e. The predicted octanol–water partition coefficient (Wildman–Crippen LogP) is 1.77. The van der Waals surface area contributed by atoms with Gasteiger partial charge in [0.05, 0.1) is 4.34 Å². The van der Waals surface area contributed by atoms with Gasteiger partial charge in [-0.2, -0.15) is 4.31 Å². The molecule has 2 rings (SSSR count). The molecule has 0 radical (unpaired) electrons. The zero-order valence-corrected chi connectivity index (χ0v) is 11.9. The molecule has 1 aliphatic heterocycles. The molecule has 1 unspecified atom stereocenters. The molecular formula is C10H15ClN2O2S2. The number of nitrogens with one attached hydrogen (secondary N) is 1. The van der Waals surface area contributed by atoms with Gasteiger partial charge in [0.25, 0.3) is 10.0 Å². The first kappa shape index (κ1) is 13.3. The SMILES string of the molecule is CN(C1CCCNC1)S(=O)(=O)c1ccc(Cl)s1. The van der Waals surface area contributed by atoms with Crippen molar-refractivity contribution in [3.05, 3.63) is 16.5 Å². The fraction of sp³-hybridized carbons (Fsp3) is 0.600. The standard InChI is InChI=1S/C10H15ClN2O2S2/c1-13(8-3-2-6-12-7-8)17(14,15)10-5-4-9(11)16-10/h4-5,8,12H,2-3,6-7H2,1H3. The van der Waals surface area contributed by atoms with E-state index in [0.29, 0.717) is 8.55 Å². The predicted molar refractivity (Wildman–Crippen MR) is 70.2 cm³/mol. The normalized spacial score (nSPS) is 21.9. The summed E-state index contributed by atoms with van der Waals surface area (Å²) in [4.78, 5) is 0. The second kappa shape index (κ2) is 5.24. The van der Waals surface area contributed by atoms with Crippen LogP contribution in [-0.4, -0.2) is 38.9 Å². The van der Waals surface area contributed by atoms with Crippen LogP contribution in [0.4, 0.5) is 0 Å². The molecule has 4 nitrogen and oxygen atoms in total. The first-order chi connectivity index (χ1) is 8.01. The van der Waals surface area contributed by atoms with E-state index < -0.39 is 10.0 Å². The topological polar surface area (TPSA) is 49.4 Å². The van der Waals surface area contributed by atoms with E-state index in [1.807, 2.05) is 0 Å². The number of hydrogen-bond donors (Lipinski definition) is 1. The number of halogens is 1. The zero-order valence-electron chi connectivity index (χ0n) is 9.52. The molecule has 7 heteroatoms. The summed E-state index contributed by atoms with van der Waals surface area (Å²) in [6, 6.07) is 3.22. The number of thiophene rings is 1. The number of nitrogens with zero attached hydrogens (tertiary/aromatic N) is 1. The summed E-state index contributed by atoms with van der Waals surface area (Å²) in [5.74, 6) is 0. The second-order valence-electron chi connectivity index (χ2n) is 4.08. The summed E-state index contributed by atoms with van der Waals surface area (Å²) in [5.41, 5.74) is 0. The second-order valence-corrected chi connectivity index (χ2v) is 8.02. The molecule has 0 aliphatic carbocycles. The molecule has 0 aromatic carbocycles. The summed E-state index contributed by atoms with van der Waals surface area (Å²) >= 11 is 6.88. The monoisotopic (exact) mass is 294 g/mol. The highest BCUT2D eigenvalue weighted by Gasteiger charge is 2.29. The van der Waals surface area contributed by atoms with E-state index in [9.17, 15) is 8.42 Å². The zero-order chi connectivity index (χ0) is 12.5. The molecule has 17 heavy (non-hydrogen) atoms. The summed E-state index contributed by atoms with van der Waals surface area (Å²) < 4.78 is 26.9. The van der Waals surface area contributed by atoms with Gasteiger partial charge in [0.15, 0.2) is 0 Å². The minimum Gasteiger partial charge on any atom is -0.315 e. The van der Waals surface area contributed by atoms with E-state index in [2.05, 4.69) is 5.32 Å². The Morgan fingerprint density at radius 2 is 2.29 bits per heavy atom. The van der Waals surface area contributed by atoms with Crippen LogP contribution in [0, 0.1) is 0 Å². The summed E-state index contributed by atoms with van der Waals surface area (Å²) in [5, 5.41) is 3.22. The molecular weight excluding hydrogens is 280 g/mol. The number of piperidine rings is 1. The molecule has 1 atom stereocenters. The van der Waals surface area contributed by atoms with Crippen LogP contribution in [0.2, 0.25) is 4.34 Å². The van der Waals surface area contributed by atoms with Gasteiger partial charge in [0, 0.05) is 19.6 Å². The Morgan fingerprint density at radius 3 is 2.82 bits per heavy atom. The van der Waals surface area contributed by atoms with Crippen LogP contribution in [0.15, 0.2) is 16.3 Å².